The van der Waals surface area contributed by atoms with E-state index in [9.17, 15) is 15.0 Å². The summed E-state index contributed by atoms with van der Waals surface area (Å²) < 4.78 is 17.1. The van der Waals surface area contributed by atoms with Crippen LogP contribution in [0.4, 0.5) is 0 Å². The lowest BCUT2D eigenvalue weighted by Gasteiger charge is -2.14. The van der Waals surface area contributed by atoms with Crippen molar-refractivity contribution in [2.24, 2.45) is 0 Å². The number of benzene rings is 2. The normalized spacial score (nSPS) is 14.6. The average molecular weight is 473 g/mol. The number of hydrogen-bond acceptors (Lipinski definition) is 7. The highest BCUT2D eigenvalue weighted by molar-refractivity contribution is 5.79. The zero-order valence-corrected chi connectivity index (χ0v) is 19.6. The van der Waals surface area contributed by atoms with Gasteiger partial charge in [-0.1, -0.05) is 31.0 Å². The summed E-state index contributed by atoms with van der Waals surface area (Å²) in [5.41, 5.74) is 0.591. The van der Waals surface area contributed by atoms with Crippen molar-refractivity contribution in [3.05, 3.63) is 54.1 Å². The monoisotopic (exact) mass is 472 g/mol. The molecule has 1 saturated carbocycles. The second-order valence-corrected chi connectivity index (χ2v) is 8.42. The molecule has 2 aromatic rings. The fourth-order valence-corrected chi connectivity index (χ4v) is 3.77. The first-order valence-corrected chi connectivity index (χ1v) is 12.0. The van der Waals surface area contributed by atoms with Crippen LogP contribution in [0.5, 0.6) is 17.2 Å². The van der Waals surface area contributed by atoms with E-state index in [0.717, 1.165) is 18.6 Å². The molecule has 4 N–H and O–H groups in total. The lowest BCUT2D eigenvalue weighted by atomic mass is 10.1. The first-order chi connectivity index (χ1) is 16.6. The maximum Gasteiger partial charge on any atom is 0.224 e. The van der Waals surface area contributed by atoms with Gasteiger partial charge in [-0.05, 0) is 43.2 Å². The van der Waals surface area contributed by atoms with Crippen LogP contribution in [0.1, 0.15) is 31.2 Å². The molecule has 1 atom stereocenters. The molecule has 0 radical (unpaired) electrons. The number of rotatable bonds is 15. The molecule has 8 heteroatoms. The van der Waals surface area contributed by atoms with Gasteiger partial charge in [0, 0.05) is 25.2 Å². The van der Waals surface area contributed by atoms with E-state index in [1.165, 1.54) is 12.8 Å². The summed E-state index contributed by atoms with van der Waals surface area (Å²) in [5.74, 6) is 1.37. The van der Waals surface area contributed by atoms with Crippen LogP contribution in [-0.2, 0) is 16.0 Å². The number of hydrogen-bond donors (Lipinski definition) is 4. The summed E-state index contributed by atoms with van der Waals surface area (Å²) in [4.78, 5) is 11.9. The third-order valence-electron chi connectivity index (χ3n) is 5.62. The summed E-state index contributed by atoms with van der Waals surface area (Å²) in [6.07, 6.45) is 4.68. The molecule has 2 aromatic carbocycles. The summed E-state index contributed by atoms with van der Waals surface area (Å²) in [6.45, 7) is 2.56. The van der Waals surface area contributed by atoms with E-state index in [0.29, 0.717) is 50.3 Å². The highest BCUT2D eigenvalue weighted by Crippen LogP contribution is 2.21. The molecule has 0 saturated heterocycles. The van der Waals surface area contributed by atoms with Gasteiger partial charge in [-0.2, -0.15) is 0 Å². The number of phenolic OH excluding ortho intramolecular Hbond substituents is 1. The number of para-hydroxylation sites is 1. The third kappa shape index (κ3) is 9.59. The first-order valence-electron chi connectivity index (χ1n) is 12.0. The Bertz CT molecular complexity index is 855. The van der Waals surface area contributed by atoms with Crippen molar-refractivity contribution in [1.82, 2.24) is 10.6 Å². The maximum atomic E-state index is 11.9. The molecule has 1 aliphatic carbocycles. The summed E-state index contributed by atoms with van der Waals surface area (Å²) >= 11 is 0. The molecule has 0 heterocycles. The SMILES string of the molecule is O=C(Cc1ccccc1O)NCCNCC(O)COc1ccc(OCCOC2CCCC2)cc1. The van der Waals surface area contributed by atoms with Crippen LogP contribution in [0.15, 0.2) is 48.5 Å². The molecule has 0 spiro atoms. The van der Waals surface area contributed by atoms with Crippen LogP contribution in [0.2, 0.25) is 0 Å². The maximum absolute atomic E-state index is 11.9. The highest BCUT2D eigenvalue weighted by Gasteiger charge is 2.14. The first kappa shape index (κ1) is 25.8. The number of aliphatic hydroxyl groups excluding tert-OH is 1. The van der Waals surface area contributed by atoms with Crippen LogP contribution in [0.3, 0.4) is 0 Å². The topological polar surface area (TPSA) is 109 Å². The van der Waals surface area contributed by atoms with E-state index in [1.807, 2.05) is 24.3 Å². The minimum atomic E-state index is -0.680. The van der Waals surface area contributed by atoms with Gasteiger partial charge in [0.1, 0.15) is 36.6 Å². The van der Waals surface area contributed by atoms with Gasteiger partial charge in [-0.25, -0.2) is 0 Å². The van der Waals surface area contributed by atoms with Crippen molar-refractivity contribution in [2.45, 2.75) is 44.3 Å². The smallest absolute Gasteiger partial charge is 0.224 e. The molecule has 8 nitrogen and oxygen atoms in total. The predicted molar refractivity (Wildman–Crippen MR) is 129 cm³/mol. The Balaban J connectivity index is 1.20. The van der Waals surface area contributed by atoms with Crippen LogP contribution in [-0.4, -0.2) is 67.8 Å². The number of carbonyl (C=O) groups is 1. The molecule has 186 valence electrons. The molecule has 1 aliphatic rings. The van der Waals surface area contributed by atoms with E-state index in [4.69, 9.17) is 14.2 Å². The number of amides is 1. The van der Waals surface area contributed by atoms with Crippen molar-refractivity contribution in [1.29, 1.82) is 0 Å². The number of nitrogens with one attached hydrogen (secondary N) is 2. The van der Waals surface area contributed by atoms with Crippen LogP contribution in [0, 0.1) is 0 Å². The number of aliphatic hydroxyl groups is 1. The Labute approximate surface area is 201 Å². The highest BCUT2D eigenvalue weighted by atomic mass is 16.5. The van der Waals surface area contributed by atoms with Gasteiger partial charge in [0.2, 0.25) is 5.91 Å². The second-order valence-electron chi connectivity index (χ2n) is 8.42. The molecular weight excluding hydrogens is 436 g/mol. The molecular formula is C26H36N2O6. The van der Waals surface area contributed by atoms with Crippen molar-refractivity contribution < 1.29 is 29.2 Å². The Hall–Kier alpha value is -2.81. The zero-order chi connectivity index (χ0) is 24.0. The quantitative estimate of drug-likeness (QED) is 0.295. The van der Waals surface area contributed by atoms with Crippen LogP contribution < -0.4 is 20.1 Å². The third-order valence-corrected chi connectivity index (χ3v) is 5.62. The van der Waals surface area contributed by atoms with E-state index in [1.54, 1.807) is 24.3 Å². The van der Waals surface area contributed by atoms with Gasteiger partial charge in [0.25, 0.3) is 0 Å². The Morgan fingerprint density at radius 3 is 2.41 bits per heavy atom. The van der Waals surface area contributed by atoms with Gasteiger partial charge >= 0.3 is 0 Å². The standard InChI is InChI=1S/C26H36N2O6/c29-21(18-27-13-14-28-26(31)17-20-5-1-4-8-25(20)30)19-34-24-11-9-23(10-12-24)33-16-15-32-22-6-2-3-7-22/h1,4-5,8-12,21-22,27,29-30H,2-3,6-7,13-19H2,(H,28,31). The summed E-state index contributed by atoms with van der Waals surface area (Å²) in [7, 11) is 0. The van der Waals surface area contributed by atoms with E-state index in [2.05, 4.69) is 10.6 Å². The number of phenols is 1. The molecule has 1 unspecified atom stereocenters. The van der Waals surface area contributed by atoms with Crippen molar-refractivity contribution in [3.8, 4) is 17.2 Å². The molecule has 0 bridgehead atoms. The van der Waals surface area contributed by atoms with Crippen molar-refractivity contribution >= 4 is 5.91 Å². The minimum absolute atomic E-state index is 0.116. The van der Waals surface area contributed by atoms with E-state index in [-0.39, 0.29) is 24.7 Å². The number of ether oxygens (including phenoxy) is 3. The van der Waals surface area contributed by atoms with Crippen molar-refractivity contribution in [3.63, 3.8) is 0 Å². The number of carbonyl (C=O) groups excluding carboxylic acids is 1. The van der Waals surface area contributed by atoms with Crippen molar-refractivity contribution in [2.75, 3.05) is 39.5 Å². The average Bonchev–Trinajstić information content (AvgIpc) is 3.36. The fraction of sp³-hybridized carbons (Fsp3) is 0.500. The Kier molecular flexibility index (Phi) is 11.0. The van der Waals surface area contributed by atoms with Gasteiger partial charge in [-0.15, -0.1) is 0 Å². The number of aromatic hydroxyl groups is 1. The lowest BCUT2D eigenvalue weighted by molar-refractivity contribution is -0.120. The summed E-state index contributed by atoms with van der Waals surface area (Å²) in [5, 5.41) is 25.7. The molecule has 3 rings (SSSR count). The Morgan fingerprint density at radius 2 is 1.68 bits per heavy atom. The fourth-order valence-electron chi connectivity index (χ4n) is 3.77. The predicted octanol–water partition coefficient (Wildman–Crippen LogP) is 2.42. The van der Waals surface area contributed by atoms with Gasteiger partial charge < -0.3 is 35.1 Å². The molecule has 1 fully saturated rings. The molecule has 34 heavy (non-hydrogen) atoms. The second kappa shape index (κ2) is 14.5. The van der Waals surface area contributed by atoms with E-state index >= 15 is 0 Å². The molecule has 1 amide bonds. The molecule has 0 aromatic heterocycles. The largest absolute Gasteiger partial charge is 0.508 e. The minimum Gasteiger partial charge on any atom is -0.508 e. The van der Waals surface area contributed by atoms with Crippen LogP contribution >= 0.6 is 0 Å². The Morgan fingerprint density at radius 1 is 0.971 bits per heavy atom. The van der Waals surface area contributed by atoms with Crippen LogP contribution in [0.25, 0.3) is 0 Å². The lowest BCUT2D eigenvalue weighted by Crippen LogP contribution is -2.37. The van der Waals surface area contributed by atoms with Gasteiger partial charge in [0.05, 0.1) is 19.1 Å². The summed E-state index contributed by atoms with van der Waals surface area (Å²) in [6, 6.07) is 14.1. The van der Waals surface area contributed by atoms with E-state index < -0.39 is 6.10 Å². The molecule has 0 aliphatic heterocycles. The van der Waals surface area contributed by atoms with Gasteiger partial charge in [0.15, 0.2) is 0 Å². The zero-order valence-electron chi connectivity index (χ0n) is 19.6. The van der Waals surface area contributed by atoms with Gasteiger partial charge in [-0.3, -0.25) is 4.79 Å².